The summed E-state index contributed by atoms with van der Waals surface area (Å²) in [6.45, 7) is 1.93. The van der Waals surface area contributed by atoms with Gasteiger partial charge in [-0.05, 0) is 30.2 Å². The normalized spacial score (nSPS) is 13.3. The lowest BCUT2D eigenvalue weighted by Gasteiger charge is -2.20. The van der Waals surface area contributed by atoms with Gasteiger partial charge in [0, 0.05) is 16.9 Å². The van der Waals surface area contributed by atoms with Gasteiger partial charge in [0.1, 0.15) is 5.75 Å². The van der Waals surface area contributed by atoms with Crippen molar-refractivity contribution < 1.29 is 15.0 Å². The zero-order valence-corrected chi connectivity index (χ0v) is 16.3. The van der Waals surface area contributed by atoms with Crippen molar-refractivity contribution in [2.75, 3.05) is 0 Å². The zero-order valence-electron chi connectivity index (χ0n) is 16.3. The maximum absolute atomic E-state index is 11.2. The maximum atomic E-state index is 11.2. The molecule has 2 unspecified atom stereocenters. The van der Waals surface area contributed by atoms with E-state index in [9.17, 15) is 15.0 Å². The fraction of sp³-hybridized carbons (Fsp3) is 0.320. The van der Waals surface area contributed by atoms with E-state index in [0.29, 0.717) is 18.6 Å². The van der Waals surface area contributed by atoms with Gasteiger partial charge in [0.05, 0.1) is 5.92 Å². The van der Waals surface area contributed by atoms with Crippen molar-refractivity contribution in [3.63, 3.8) is 0 Å². The Labute approximate surface area is 166 Å². The molecule has 3 nitrogen and oxygen atoms in total. The smallest absolute Gasteiger partial charge is 0.306 e. The number of benzene rings is 3. The standard InChI is InChI=1S/C25H28O3/c1-2-18(25(27)28)10-6-8-14-21(19-11-4-3-5-12-19)23-17-16-20-13-7-9-15-22(20)24(23)26/h3-5,7,9,11-13,15-18,21,26H,2,6,8,10,14H2,1H3,(H,27,28). The summed E-state index contributed by atoms with van der Waals surface area (Å²) in [5.41, 5.74) is 2.12. The van der Waals surface area contributed by atoms with Gasteiger partial charge in [-0.25, -0.2) is 0 Å². The van der Waals surface area contributed by atoms with Gasteiger partial charge in [-0.2, -0.15) is 0 Å². The minimum absolute atomic E-state index is 0.0933. The zero-order chi connectivity index (χ0) is 19.9. The molecule has 2 atom stereocenters. The van der Waals surface area contributed by atoms with Crippen LogP contribution in [-0.4, -0.2) is 16.2 Å². The second-order valence-corrected chi connectivity index (χ2v) is 7.42. The molecule has 0 aliphatic carbocycles. The first-order valence-corrected chi connectivity index (χ1v) is 10.1. The van der Waals surface area contributed by atoms with Crippen LogP contribution in [-0.2, 0) is 4.79 Å². The minimum Gasteiger partial charge on any atom is -0.507 e. The molecule has 0 aliphatic heterocycles. The Balaban J connectivity index is 1.83. The Morgan fingerprint density at radius 3 is 2.29 bits per heavy atom. The van der Waals surface area contributed by atoms with E-state index in [1.165, 1.54) is 5.56 Å². The lowest BCUT2D eigenvalue weighted by molar-refractivity contribution is -0.142. The van der Waals surface area contributed by atoms with Crippen LogP contribution in [0.2, 0.25) is 0 Å². The SMILES string of the molecule is CCC(CCCCC(c1ccccc1)c1ccc2ccccc2c1O)C(=O)O. The topological polar surface area (TPSA) is 57.5 Å². The average Bonchev–Trinajstić information content (AvgIpc) is 2.72. The van der Waals surface area contributed by atoms with Crippen molar-refractivity contribution in [2.45, 2.75) is 44.9 Å². The summed E-state index contributed by atoms with van der Waals surface area (Å²) in [5.74, 6) is -0.516. The van der Waals surface area contributed by atoms with E-state index in [2.05, 4.69) is 18.2 Å². The van der Waals surface area contributed by atoms with Crippen molar-refractivity contribution in [2.24, 2.45) is 5.92 Å². The number of hydrogen-bond donors (Lipinski definition) is 2. The predicted molar refractivity (Wildman–Crippen MR) is 114 cm³/mol. The molecule has 28 heavy (non-hydrogen) atoms. The highest BCUT2D eigenvalue weighted by molar-refractivity contribution is 5.89. The number of phenolic OH excluding ortho intramolecular Hbond substituents is 1. The van der Waals surface area contributed by atoms with Crippen LogP contribution in [0.3, 0.4) is 0 Å². The molecule has 2 N–H and O–H groups in total. The van der Waals surface area contributed by atoms with Gasteiger partial charge < -0.3 is 10.2 Å². The first-order valence-electron chi connectivity index (χ1n) is 10.1. The second-order valence-electron chi connectivity index (χ2n) is 7.42. The third kappa shape index (κ3) is 4.53. The van der Waals surface area contributed by atoms with E-state index in [0.717, 1.165) is 35.6 Å². The summed E-state index contributed by atoms with van der Waals surface area (Å²) < 4.78 is 0. The lowest BCUT2D eigenvalue weighted by atomic mass is 9.84. The number of rotatable bonds is 9. The van der Waals surface area contributed by atoms with Gasteiger partial charge in [-0.3, -0.25) is 4.79 Å². The number of hydrogen-bond acceptors (Lipinski definition) is 2. The van der Waals surface area contributed by atoms with E-state index in [1.807, 2.05) is 55.5 Å². The third-order valence-electron chi connectivity index (χ3n) is 5.65. The van der Waals surface area contributed by atoms with Crippen LogP contribution in [0.4, 0.5) is 0 Å². The van der Waals surface area contributed by atoms with Crippen LogP contribution < -0.4 is 0 Å². The maximum Gasteiger partial charge on any atom is 0.306 e. The molecule has 3 aromatic rings. The summed E-state index contributed by atoms with van der Waals surface area (Å²) in [6.07, 6.45) is 4.06. The molecule has 3 rings (SSSR count). The molecule has 0 aliphatic rings. The number of unbranched alkanes of at least 4 members (excludes halogenated alkanes) is 1. The fourth-order valence-corrected chi connectivity index (χ4v) is 3.98. The highest BCUT2D eigenvalue weighted by Crippen LogP contribution is 2.39. The van der Waals surface area contributed by atoms with E-state index in [4.69, 9.17) is 0 Å². The van der Waals surface area contributed by atoms with Crippen LogP contribution >= 0.6 is 0 Å². The van der Waals surface area contributed by atoms with Crippen molar-refractivity contribution in [1.29, 1.82) is 0 Å². The van der Waals surface area contributed by atoms with Crippen LogP contribution in [0.15, 0.2) is 66.7 Å². The summed E-state index contributed by atoms with van der Waals surface area (Å²) in [4.78, 5) is 11.2. The van der Waals surface area contributed by atoms with Crippen molar-refractivity contribution >= 4 is 16.7 Å². The summed E-state index contributed by atoms with van der Waals surface area (Å²) >= 11 is 0. The highest BCUT2D eigenvalue weighted by atomic mass is 16.4. The van der Waals surface area contributed by atoms with Crippen LogP contribution in [0.25, 0.3) is 10.8 Å². The predicted octanol–water partition coefficient (Wildman–Crippen LogP) is 6.35. The van der Waals surface area contributed by atoms with Crippen molar-refractivity contribution in [3.05, 3.63) is 77.9 Å². The van der Waals surface area contributed by atoms with Crippen LogP contribution in [0.1, 0.15) is 56.1 Å². The van der Waals surface area contributed by atoms with Crippen LogP contribution in [0.5, 0.6) is 5.75 Å². The van der Waals surface area contributed by atoms with Gasteiger partial charge in [-0.1, -0.05) is 86.5 Å². The Bertz CT molecular complexity index is 917. The molecule has 0 fully saturated rings. The number of carboxylic acids is 1. The Kier molecular flexibility index (Phi) is 6.70. The first kappa shape index (κ1) is 19.9. The molecular weight excluding hydrogens is 348 g/mol. The summed E-state index contributed by atoms with van der Waals surface area (Å²) in [6, 6.07) is 22.2. The van der Waals surface area contributed by atoms with Gasteiger partial charge in [0.2, 0.25) is 0 Å². The molecule has 0 amide bonds. The molecule has 146 valence electrons. The van der Waals surface area contributed by atoms with E-state index in [-0.39, 0.29) is 11.8 Å². The second kappa shape index (κ2) is 9.41. The van der Waals surface area contributed by atoms with Crippen LogP contribution in [0, 0.1) is 5.92 Å². The first-order chi connectivity index (χ1) is 13.6. The minimum atomic E-state index is -0.700. The molecule has 0 heterocycles. The lowest BCUT2D eigenvalue weighted by Crippen LogP contribution is -2.12. The number of carbonyl (C=O) groups is 1. The van der Waals surface area contributed by atoms with Gasteiger partial charge in [-0.15, -0.1) is 0 Å². The number of carboxylic acid groups (broad SMARTS) is 1. The quantitative estimate of drug-likeness (QED) is 0.428. The van der Waals surface area contributed by atoms with Crippen molar-refractivity contribution in [1.82, 2.24) is 0 Å². The Hall–Kier alpha value is -2.81. The van der Waals surface area contributed by atoms with E-state index < -0.39 is 5.97 Å². The molecule has 0 bridgehead atoms. The third-order valence-corrected chi connectivity index (χ3v) is 5.65. The fourth-order valence-electron chi connectivity index (χ4n) is 3.98. The number of phenols is 1. The van der Waals surface area contributed by atoms with Gasteiger partial charge >= 0.3 is 5.97 Å². The number of aliphatic carboxylic acids is 1. The van der Waals surface area contributed by atoms with E-state index >= 15 is 0 Å². The average molecular weight is 376 g/mol. The molecule has 3 aromatic carbocycles. The van der Waals surface area contributed by atoms with Gasteiger partial charge in [0.15, 0.2) is 0 Å². The molecule has 0 aromatic heterocycles. The van der Waals surface area contributed by atoms with Crippen molar-refractivity contribution in [3.8, 4) is 5.75 Å². The molecular formula is C25H28O3. The number of aromatic hydroxyl groups is 1. The highest BCUT2D eigenvalue weighted by Gasteiger charge is 2.20. The molecule has 0 radical (unpaired) electrons. The largest absolute Gasteiger partial charge is 0.507 e. The monoisotopic (exact) mass is 376 g/mol. The molecule has 0 saturated carbocycles. The summed E-state index contributed by atoms with van der Waals surface area (Å²) in [5, 5.41) is 22.1. The van der Waals surface area contributed by atoms with E-state index in [1.54, 1.807) is 0 Å². The summed E-state index contributed by atoms with van der Waals surface area (Å²) in [7, 11) is 0. The Morgan fingerprint density at radius 1 is 0.893 bits per heavy atom. The molecule has 0 saturated heterocycles. The molecule has 3 heteroatoms. The molecule has 0 spiro atoms. The van der Waals surface area contributed by atoms with Gasteiger partial charge in [0.25, 0.3) is 0 Å². The Morgan fingerprint density at radius 2 is 1.57 bits per heavy atom. The number of fused-ring (bicyclic) bond motifs is 1.